The Bertz CT molecular complexity index is 6210. The molecule has 10 atom stereocenters. The van der Waals surface area contributed by atoms with Crippen LogP contribution in [0.15, 0.2) is 84.0 Å². The summed E-state index contributed by atoms with van der Waals surface area (Å²) in [4.78, 5) is 255. The number of ether oxygens (including phenoxy) is 3. The van der Waals surface area contributed by atoms with Gasteiger partial charge in [0.1, 0.15) is 71.6 Å². The SMILES string of the molecule is CC[C@@H]1C(=O)N(C)c2cnc(Nc3ccc(-c4cn([C@H]5CC[C@@H](N(CCOCCC#Cc6cccc7c6CN(C6CCC(=O)NC6=O)C7=O)C(=O)OC(C)C(C)SSC[C@@H](NC(=O)[C@@H](CC(=O)O)NC(=O)[C@@H](CC(=O)O)NC(=O)[C@@H](CCCNC(=N)N)NC(=O)[C@@H](CC(=O)O)NC(=O)CC[C@H](NC(=O)c6ccc(NCc7cnc8nc(N)[nH]c(=O)c8n7)cc6)C(=O)O)C(=O)O)CC5)nn4)cc3OC)nc2N1C1CCCC1. The number of fused-ring (bicyclic) bond motifs is 3. The Kier molecular flexibility index (Phi) is 37.9. The van der Waals surface area contributed by atoms with E-state index in [-0.39, 0.29) is 124 Å². The number of piperidine rings is 1. The molecule has 11 amide bonds. The third-order valence-corrected chi connectivity index (χ3v) is 28.1. The number of carbonyl (C=O) groups excluding carboxylic acids is 11. The fourth-order valence-corrected chi connectivity index (χ4v) is 19.9. The average Bonchev–Trinajstić information content (AvgIpc) is 1.63. The molecule has 0 radical (unpaired) electrons. The summed E-state index contributed by atoms with van der Waals surface area (Å²) in [6.07, 6.45) is 4.79. The minimum absolute atomic E-state index is 0.000230. The zero-order chi connectivity index (χ0) is 105. The lowest BCUT2D eigenvalue weighted by atomic mass is 9.90. The van der Waals surface area contributed by atoms with Crippen molar-refractivity contribution in [2.24, 2.45) is 5.73 Å². The molecule has 3 fully saturated rings. The van der Waals surface area contributed by atoms with Crippen molar-refractivity contribution >= 4 is 168 Å². The number of H-pyrrole nitrogens is 1. The van der Waals surface area contributed by atoms with Crippen LogP contribution >= 0.6 is 21.6 Å². The topological polar surface area (TPSA) is 739 Å². The van der Waals surface area contributed by atoms with E-state index in [0.29, 0.717) is 100 Å². The number of carbonyl (C=O) groups is 16. The van der Waals surface area contributed by atoms with Crippen molar-refractivity contribution in [3.63, 3.8) is 0 Å². The van der Waals surface area contributed by atoms with Crippen molar-refractivity contribution < 1.29 is 116 Å². The van der Waals surface area contributed by atoms with Gasteiger partial charge in [-0.15, -0.1) is 5.10 Å². The number of carboxylic acid groups (broad SMARTS) is 5. The first-order valence-electron chi connectivity index (χ1n) is 47.1. The number of hydrogen-bond acceptors (Lipinski definition) is 34. The Morgan fingerprint density at radius 1 is 0.733 bits per heavy atom. The van der Waals surface area contributed by atoms with Crippen LogP contribution < -0.4 is 84.7 Å². The van der Waals surface area contributed by atoms with E-state index in [1.54, 1.807) is 66.9 Å². The second kappa shape index (κ2) is 50.9. The normalized spacial score (nSPS) is 17.6. The van der Waals surface area contributed by atoms with Gasteiger partial charge in [-0.3, -0.25) is 82.8 Å². The van der Waals surface area contributed by atoms with Crippen molar-refractivity contribution in [1.29, 1.82) is 5.41 Å². The number of nitrogens with one attached hydrogen (secondary N) is 12. The Labute approximate surface area is 841 Å². The number of amides is 11. The zero-order valence-corrected chi connectivity index (χ0v) is 81.8. The minimum Gasteiger partial charge on any atom is -0.495 e. The average molecular weight is 2060 g/mol. The number of methoxy groups -OCH3 is 1. The Morgan fingerprint density at radius 3 is 2.05 bits per heavy atom. The van der Waals surface area contributed by atoms with Crippen LogP contribution in [0.3, 0.4) is 0 Å². The van der Waals surface area contributed by atoms with Crippen molar-refractivity contribution in [2.75, 3.05) is 72.4 Å². The van der Waals surface area contributed by atoms with Crippen molar-refractivity contribution in [3.8, 4) is 28.8 Å². The molecule has 21 N–H and O–H groups in total. The first-order chi connectivity index (χ1) is 69.8. The van der Waals surface area contributed by atoms with E-state index in [1.807, 2.05) is 36.6 Å². The number of aromatic amines is 1. The van der Waals surface area contributed by atoms with Crippen molar-refractivity contribution in [2.45, 2.75) is 234 Å². The molecule has 1 saturated heterocycles. The van der Waals surface area contributed by atoms with Gasteiger partial charge in [0.15, 0.2) is 22.9 Å². The molecule has 2 saturated carbocycles. The molecule has 3 unspecified atom stereocenters. The van der Waals surface area contributed by atoms with Gasteiger partial charge in [0, 0.05) is 97.0 Å². The quantitative estimate of drug-likeness (QED) is 0.00650. The molecule has 51 nitrogen and oxygen atoms in total. The maximum Gasteiger partial charge on any atom is 0.410 e. The molecule has 0 bridgehead atoms. The van der Waals surface area contributed by atoms with E-state index in [0.717, 1.165) is 47.3 Å². The summed E-state index contributed by atoms with van der Waals surface area (Å²) in [7, 11) is 5.25. The third-order valence-electron chi connectivity index (χ3n) is 25.1. The van der Waals surface area contributed by atoms with Gasteiger partial charge in [-0.2, -0.15) is 9.97 Å². The fourth-order valence-electron chi connectivity index (χ4n) is 17.3. The molecule has 4 aromatic heterocycles. The van der Waals surface area contributed by atoms with Crippen LogP contribution in [0.25, 0.3) is 22.4 Å². The van der Waals surface area contributed by atoms with Gasteiger partial charge >= 0.3 is 35.9 Å². The maximum atomic E-state index is 14.7. The van der Waals surface area contributed by atoms with Crippen LogP contribution in [0.1, 0.15) is 186 Å². The predicted molar refractivity (Wildman–Crippen MR) is 525 cm³/mol. The minimum atomic E-state index is -2.22. The van der Waals surface area contributed by atoms with Gasteiger partial charge in [0.2, 0.25) is 59.2 Å². The molecule has 3 aromatic carbocycles. The number of likely N-dealkylation sites (N-methyl/N-ethyl adjacent to an activating group) is 1. The summed E-state index contributed by atoms with van der Waals surface area (Å²) in [6, 6.07) is 2.85. The molecule has 5 aliphatic rings. The van der Waals surface area contributed by atoms with E-state index in [4.69, 9.17) is 36.1 Å². The summed E-state index contributed by atoms with van der Waals surface area (Å²) in [5, 5.41) is 90.6. The highest BCUT2D eigenvalue weighted by Gasteiger charge is 2.45. The number of anilines is 6. The lowest BCUT2D eigenvalue weighted by molar-refractivity contribution is -0.144. The van der Waals surface area contributed by atoms with Crippen LogP contribution in [0.2, 0.25) is 0 Å². The van der Waals surface area contributed by atoms with E-state index in [9.17, 15) is 107 Å². The molecule has 7 aromatic rings. The molecular weight excluding hydrogens is 1950 g/mol. The van der Waals surface area contributed by atoms with Crippen molar-refractivity contribution in [3.05, 3.63) is 118 Å². The number of hydrogen-bond donors (Lipinski definition) is 19. The Balaban J connectivity index is 0.647. The van der Waals surface area contributed by atoms with Crippen LogP contribution in [0.5, 0.6) is 5.75 Å². The second-order valence-corrected chi connectivity index (χ2v) is 38.0. The highest BCUT2D eigenvalue weighted by molar-refractivity contribution is 8.77. The fraction of sp³-hybridized carbons (Fsp3) is 0.473. The standard InChI is InChI=1S/C93H114N26O25S2/c1-6-67-87(136)115(4)69-43-100-92(111-78(69)119(67)56-15-7-8-16-56)108-59-28-21-51(37-70(59)142-5)65-45-118(114-113-65)55-26-24-54(25-27-55)116(34-36-143-35-10-9-13-49-14-11-17-57-58(49)44-117(86(57)135)68-30-32-72(121)109-84(68)133)93(141)144-47(2)48(3)146-145-46-66(89(139)140)107-83(132)64(40-75(126)127)106-82(131)63(39-74(124)125)105-80(129)60(18-12-33-97-90(94)95)103-81(130)62(38-73(122)123)102-71(120)31-29-61(88(137)138)104-79(128)50-19-22-52(23-20-50)98-41-53-42-99-77-76(101-53)85(134)112-91(96)110-77/h11,14,17,19-23,28,37,42-43,45,47-48,54-56,60-64,66-68,98H,6-8,10,12,15-16,18,24-27,29-36,38-41,44,46H2,1-5H3,(H,102,120)(H,103,130)(H,104,128)(H,105,129)(H,106,131)(H,107,132)(H,122,123)(H,124,125)(H,126,127)(H,137,138)(H,139,140)(H4,94,95,97)(H,100,108,111)(H,109,121,133)(H3,96,99,110,112,134)/t47?,48?,54-,55+,60-,61+,62-,63-,64-,66-,67-,68?/m1/s1. The largest absolute Gasteiger partial charge is 0.495 e. The number of nitrogen functional groups attached to an aromatic ring is 1. The number of aromatic nitrogens is 9. The van der Waals surface area contributed by atoms with Crippen LogP contribution in [-0.4, -0.2) is 299 Å². The van der Waals surface area contributed by atoms with Crippen LogP contribution in [0, 0.1) is 17.3 Å². The van der Waals surface area contributed by atoms with Crippen LogP contribution in [0.4, 0.5) is 39.6 Å². The molecule has 12 rings (SSSR count). The molecule has 2 aliphatic carbocycles. The number of benzene rings is 3. The molecule has 778 valence electrons. The first-order valence-corrected chi connectivity index (χ1v) is 49.5. The smallest absolute Gasteiger partial charge is 0.410 e. The highest BCUT2D eigenvalue weighted by atomic mass is 33.1. The molecular formula is C93H114N26O25S2. The molecule has 146 heavy (non-hydrogen) atoms. The summed E-state index contributed by atoms with van der Waals surface area (Å²) < 4.78 is 19.9. The van der Waals surface area contributed by atoms with Crippen molar-refractivity contribution in [1.82, 2.24) is 97.2 Å². The number of nitrogens with two attached hydrogens (primary N) is 2. The van der Waals surface area contributed by atoms with Gasteiger partial charge in [0.05, 0.1) is 82.1 Å². The van der Waals surface area contributed by atoms with Gasteiger partial charge in [0.25, 0.3) is 17.4 Å². The second-order valence-electron chi connectivity index (χ2n) is 35.2. The lowest BCUT2D eigenvalue weighted by Gasteiger charge is -2.43. The number of guanidine groups is 1. The summed E-state index contributed by atoms with van der Waals surface area (Å²) in [5.74, 6) is -10.8. The van der Waals surface area contributed by atoms with E-state index in [2.05, 4.69) is 99.8 Å². The van der Waals surface area contributed by atoms with E-state index < -0.39 is 193 Å². The number of rotatable bonds is 49. The van der Waals surface area contributed by atoms with Crippen LogP contribution in [-0.2, 0) is 84.9 Å². The Morgan fingerprint density at radius 2 is 1.40 bits per heavy atom. The molecule has 53 heteroatoms. The highest BCUT2D eigenvalue weighted by Crippen LogP contribution is 2.42. The zero-order valence-electron chi connectivity index (χ0n) is 80.1. The molecule has 3 aliphatic heterocycles. The number of nitrogens with zero attached hydrogens (tertiary/aromatic N) is 12. The number of imide groups is 1. The monoisotopic (exact) mass is 2060 g/mol. The molecule has 7 heterocycles. The number of carboxylic acids is 5. The van der Waals surface area contributed by atoms with Gasteiger partial charge in [-0.25, -0.2) is 34.0 Å². The van der Waals surface area contributed by atoms with Gasteiger partial charge < -0.3 is 119 Å². The predicted octanol–water partition coefficient (Wildman–Crippen LogP) is 2.37. The molecule has 0 spiro atoms. The maximum absolute atomic E-state index is 14.7. The third kappa shape index (κ3) is 29.0. The lowest BCUT2D eigenvalue weighted by Crippen LogP contribution is -2.59. The Hall–Kier alpha value is -15.9. The first kappa shape index (κ1) is 109. The van der Waals surface area contributed by atoms with E-state index >= 15 is 0 Å². The summed E-state index contributed by atoms with van der Waals surface area (Å²) in [6.45, 7) is 5.54. The van der Waals surface area contributed by atoms with E-state index in [1.165, 1.54) is 35.4 Å². The summed E-state index contributed by atoms with van der Waals surface area (Å²) in [5.41, 5.74) is 15.2. The van der Waals surface area contributed by atoms with Gasteiger partial charge in [-0.05, 0) is 139 Å². The van der Waals surface area contributed by atoms with Gasteiger partial charge in [-0.1, -0.05) is 70.5 Å². The number of aliphatic carboxylic acids is 5. The summed E-state index contributed by atoms with van der Waals surface area (Å²) >= 11 is 0.